The first-order valence-corrected chi connectivity index (χ1v) is 10.1. The van der Waals surface area contributed by atoms with Gasteiger partial charge in [-0.05, 0) is 13.3 Å². The maximum atomic E-state index is 12.3. The van der Waals surface area contributed by atoms with Gasteiger partial charge >= 0.3 is 7.60 Å². The van der Waals surface area contributed by atoms with Crippen LogP contribution in [0, 0.1) is 0 Å². The van der Waals surface area contributed by atoms with Gasteiger partial charge in [0, 0.05) is 0 Å². The Morgan fingerprint density at radius 1 is 1.39 bits per heavy atom. The zero-order chi connectivity index (χ0) is 20.9. The lowest BCUT2D eigenvalue weighted by Crippen LogP contribution is -2.35. The molecule has 0 saturated carbocycles. The summed E-state index contributed by atoms with van der Waals surface area (Å²) in [6.07, 6.45) is -3.76. The Labute approximate surface area is 158 Å². The Kier molecular flexibility index (Phi) is 5.36. The molecule has 3 heterocycles. The molecule has 28 heavy (non-hydrogen) atoms. The van der Waals surface area contributed by atoms with Gasteiger partial charge in [-0.15, -0.1) is 0 Å². The van der Waals surface area contributed by atoms with Crippen molar-refractivity contribution in [1.82, 2.24) is 19.5 Å². The zero-order valence-electron chi connectivity index (χ0n) is 15.1. The molecule has 1 fully saturated rings. The van der Waals surface area contributed by atoms with Crippen molar-refractivity contribution in [3.63, 3.8) is 0 Å². The largest absolute Gasteiger partial charge is 0.394 e. The molecule has 0 amide bonds. The van der Waals surface area contributed by atoms with E-state index in [-0.39, 0.29) is 23.5 Å². The summed E-state index contributed by atoms with van der Waals surface area (Å²) in [6, 6.07) is 0. The third-order valence-corrected chi connectivity index (χ3v) is 6.66. The van der Waals surface area contributed by atoms with Crippen molar-refractivity contribution in [2.45, 2.75) is 50.1 Å². The number of hydrogen-bond donors (Lipinski definition) is 7. The van der Waals surface area contributed by atoms with Crippen molar-refractivity contribution in [2.24, 2.45) is 0 Å². The van der Waals surface area contributed by atoms with Crippen LogP contribution >= 0.6 is 7.60 Å². The number of nitrogens with zero attached hydrogens (tertiary/aromatic N) is 3. The lowest BCUT2D eigenvalue weighted by molar-refractivity contribution is -0.0511. The van der Waals surface area contributed by atoms with Gasteiger partial charge in [-0.3, -0.25) is 18.9 Å². The standard InChI is InChI=1S/C14H22N5O8P/c1-3-14(2,28(24,25)26)18-13-16-10-7(11(23)17-13)15-5-19(10)12-9(22)8(21)6(4-20)27-12/h5-6,8-9,12,20-22H,3-4H2,1-2H3,(H2,24,25,26)(H2,16,17,18,23)/t6-,8-,9-,12-,14?/m1/s1. The first kappa shape index (κ1) is 20.9. The third-order valence-electron chi connectivity index (χ3n) is 4.94. The normalized spacial score (nSPS) is 27.8. The van der Waals surface area contributed by atoms with Crippen LogP contribution in [0.3, 0.4) is 0 Å². The quantitative estimate of drug-likeness (QED) is 0.267. The number of aromatic amines is 1. The van der Waals surface area contributed by atoms with Crippen LogP contribution in [0.25, 0.3) is 11.2 Å². The van der Waals surface area contributed by atoms with E-state index in [1.54, 1.807) is 6.92 Å². The Morgan fingerprint density at radius 3 is 2.61 bits per heavy atom. The summed E-state index contributed by atoms with van der Waals surface area (Å²) in [5, 5.41) is 30.2. The Morgan fingerprint density at radius 2 is 2.07 bits per heavy atom. The second kappa shape index (κ2) is 7.19. The topological polar surface area (TPSA) is 203 Å². The first-order valence-electron chi connectivity index (χ1n) is 8.45. The van der Waals surface area contributed by atoms with Crippen LogP contribution in [0.4, 0.5) is 5.95 Å². The van der Waals surface area contributed by atoms with Crippen molar-refractivity contribution >= 4 is 24.7 Å². The number of fused-ring (bicyclic) bond motifs is 1. The highest BCUT2D eigenvalue weighted by molar-refractivity contribution is 7.53. The second-order valence-electron chi connectivity index (χ2n) is 6.76. The molecule has 156 valence electrons. The molecule has 0 aliphatic carbocycles. The van der Waals surface area contributed by atoms with Gasteiger partial charge in [0.25, 0.3) is 5.56 Å². The average molecular weight is 419 g/mol. The van der Waals surface area contributed by atoms with Crippen LogP contribution in [0.1, 0.15) is 26.5 Å². The van der Waals surface area contributed by atoms with E-state index in [4.69, 9.17) is 4.74 Å². The highest BCUT2D eigenvalue weighted by Crippen LogP contribution is 2.51. The lowest BCUT2D eigenvalue weighted by atomic mass is 10.1. The molecule has 2 aromatic rings. The molecule has 13 nitrogen and oxygen atoms in total. The predicted molar refractivity (Wildman–Crippen MR) is 95.5 cm³/mol. The summed E-state index contributed by atoms with van der Waals surface area (Å²) < 4.78 is 18.4. The summed E-state index contributed by atoms with van der Waals surface area (Å²) in [6.45, 7) is 2.33. The molecule has 7 N–H and O–H groups in total. The monoisotopic (exact) mass is 419 g/mol. The molecule has 14 heteroatoms. The molecule has 1 saturated heterocycles. The number of anilines is 1. The summed E-state index contributed by atoms with van der Waals surface area (Å²) in [5.74, 6) is -0.210. The number of H-pyrrole nitrogens is 1. The van der Waals surface area contributed by atoms with Gasteiger partial charge in [-0.2, -0.15) is 4.98 Å². The van der Waals surface area contributed by atoms with E-state index < -0.39 is 49.6 Å². The maximum Gasteiger partial charge on any atom is 0.350 e. The number of ether oxygens (including phenoxy) is 1. The molecular weight excluding hydrogens is 397 g/mol. The van der Waals surface area contributed by atoms with Crippen molar-refractivity contribution in [1.29, 1.82) is 0 Å². The number of imidazole rings is 1. The highest BCUT2D eigenvalue weighted by Gasteiger charge is 2.44. The van der Waals surface area contributed by atoms with Gasteiger partial charge in [0.05, 0.1) is 12.9 Å². The predicted octanol–water partition coefficient (Wildman–Crippen LogP) is -1.55. The molecule has 1 aliphatic rings. The molecular formula is C14H22N5O8P. The minimum absolute atomic E-state index is 0.0348. The Balaban J connectivity index is 2.05. The van der Waals surface area contributed by atoms with Crippen molar-refractivity contribution in [3.8, 4) is 0 Å². The highest BCUT2D eigenvalue weighted by atomic mass is 31.2. The van der Waals surface area contributed by atoms with E-state index in [1.165, 1.54) is 17.8 Å². The van der Waals surface area contributed by atoms with Crippen LogP contribution in [-0.4, -0.2) is 74.8 Å². The van der Waals surface area contributed by atoms with Gasteiger partial charge in [0.15, 0.2) is 17.4 Å². The third kappa shape index (κ3) is 3.35. The van der Waals surface area contributed by atoms with Crippen LogP contribution in [0.5, 0.6) is 0 Å². The fraction of sp³-hybridized carbons (Fsp3) is 0.643. The van der Waals surface area contributed by atoms with Crippen molar-refractivity contribution in [3.05, 3.63) is 16.7 Å². The van der Waals surface area contributed by atoms with E-state index >= 15 is 0 Å². The van der Waals surface area contributed by atoms with Gasteiger partial charge in [-0.1, -0.05) is 6.92 Å². The Bertz CT molecular complexity index is 972. The van der Waals surface area contributed by atoms with E-state index in [1.807, 2.05) is 0 Å². The molecule has 3 rings (SSSR count). The van der Waals surface area contributed by atoms with Gasteiger partial charge < -0.3 is 35.2 Å². The van der Waals surface area contributed by atoms with Crippen LogP contribution in [0.15, 0.2) is 11.1 Å². The van der Waals surface area contributed by atoms with E-state index in [0.717, 1.165) is 0 Å². The summed E-state index contributed by atoms with van der Waals surface area (Å²) in [4.78, 5) is 41.9. The van der Waals surface area contributed by atoms with Crippen LogP contribution in [0.2, 0.25) is 0 Å². The number of aliphatic hydroxyl groups excluding tert-OH is 3. The van der Waals surface area contributed by atoms with Gasteiger partial charge in [0.1, 0.15) is 23.6 Å². The summed E-state index contributed by atoms with van der Waals surface area (Å²) in [5.41, 5.74) is -0.815. The minimum Gasteiger partial charge on any atom is -0.394 e. The number of aliphatic hydroxyl groups is 3. The molecule has 5 atom stereocenters. The molecule has 0 radical (unpaired) electrons. The summed E-state index contributed by atoms with van der Waals surface area (Å²) in [7, 11) is -4.60. The zero-order valence-corrected chi connectivity index (χ0v) is 15.9. The fourth-order valence-electron chi connectivity index (χ4n) is 2.90. The van der Waals surface area contributed by atoms with Gasteiger partial charge in [-0.25, -0.2) is 4.98 Å². The number of aromatic nitrogens is 4. The van der Waals surface area contributed by atoms with Crippen LogP contribution in [-0.2, 0) is 9.30 Å². The molecule has 2 aromatic heterocycles. The fourth-order valence-corrected chi connectivity index (χ4v) is 3.57. The summed E-state index contributed by atoms with van der Waals surface area (Å²) >= 11 is 0. The van der Waals surface area contributed by atoms with Gasteiger partial charge in [0.2, 0.25) is 5.95 Å². The number of nitrogens with one attached hydrogen (secondary N) is 2. The molecule has 1 unspecified atom stereocenters. The first-order chi connectivity index (χ1) is 13.0. The molecule has 0 spiro atoms. The number of rotatable bonds is 6. The molecule has 1 aliphatic heterocycles. The lowest BCUT2D eigenvalue weighted by Gasteiger charge is -2.30. The van der Waals surface area contributed by atoms with Crippen molar-refractivity contribution < 1.29 is 34.4 Å². The number of hydrogen-bond acceptors (Lipinski definition) is 9. The smallest absolute Gasteiger partial charge is 0.350 e. The minimum atomic E-state index is -4.60. The SMILES string of the molecule is CCC(C)(Nc1nc2c(ncn2[C@@H]2O[C@H](CO)[C@@H](O)[C@H]2O)c(=O)[nH]1)P(=O)(O)O. The molecule has 0 bridgehead atoms. The molecule has 0 aromatic carbocycles. The van der Waals surface area contributed by atoms with Crippen LogP contribution < -0.4 is 10.9 Å². The Hall–Kier alpha value is -1.86. The van der Waals surface area contributed by atoms with E-state index in [2.05, 4.69) is 20.3 Å². The second-order valence-corrected chi connectivity index (χ2v) is 8.84. The van der Waals surface area contributed by atoms with E-state index in [9.17, 15) is 34.5 Å². The van der Waals surface area contributed by atoms with Crippen molar-refractivity contribution in [2.75, 3.05) is 11.9 Å². The van der Waals surface area contributed by atoms with E-state index in [0.29, 0.717) is 0 Å². The maximum absolute atomic E-state index is 12.3. The average Bonchev–Trinajstić information content (AvgIpc) is 3.16.